The predicted molar refractivity (Wildman–Crippen MR) is 88.6 cm³/mol. The van der Waals surface area contributed by atoms with Crippen LogP contribution in [0.4, 0.5) is 20.2 Å². The topological polar surface area (TPSA) is 32.3 Å². The van der Waals surface area contributed by atoms with Crippen LogP contribution >= 0.6 is 0 Å². The number of hydrogen-bond acceptors (Lipinski definition) is 2. The summed E-state index contributed by atoms with van der Waals surface area (Å²) in [5, 5.41) is 2.59. The molecule has 0 aromatic heterocycles. The minimum Gasteiger partial charge on any atom is -0.360 e. The van der Waals surface area contributed by atoms with E-state index in [9.17, 15) is 13.6 Å². The first-order valence-electron chi connectivity index (χ1n) is 7.45. The number of carbonyl (C=O) groups is 1. The summed E-state index contributed by atoms with van der Waals surface area (Å²) >= 11 is 0. The Kier molecular flexibility index (Phi) is 5.32. The lowest BCUT2D eigenvalue weighted by atomic mass is 10.2. The summed E-state index contributed by atoms with van der Waals surface area (Å²) in [6.45, 7) is 6.11. The Hall–Kier alpha value is -2.43. The van der Waals surface area contributed by atoms with E-state index in [1.807, 2.05) is 49.9 Å². The number of anilines is 2. The van der Waals surface area contributed by atoms with Gasteiger partial charge in [-0.15, -0.1) is 0 Å². The van der Waals surface area contributed by atoms with E-state index in [-0.39, 0.29) is 24.2 Å². The van der Waals surface area contributed by atoms with Gasteiger partial charge in [-0.1, -0.05) is 17.7 Å². The van der Waals surface area contributed by atoms with E-state index in [4.69, 9.17) is 0 Å². The molecule has 0 aliphatic heterocycles. The van der Waals surface area contributed by atoms with Crippen molar-refractivity contribution in [3.05, 3.63) is 59.7 Å². The highest BCUT2D eigenvalue weighted by atomic mass is 19.2. The van der Waals surface area contributed by atoms with Crippen LogP contribution in [0.1, 0.15) is 19.4 Å². The SMILES string of the molecule is Cc1ccc(N(CC(=O)Nc2ccc(F)c(F)c2)C(C)C)cc1. The van der Waals surface area contributed by atoms with Crippen molar-refractivity contribution in [2.45, 2.75) is 26.8 Å². The molecule has 0 saturated heterocycles. The molecule has 0 aliphatic rings. The van der Waals surface area contributed by atoms with Crippen LogP contribution in [0, 0.1) is 18.6 Å². The smallest absolute Gasteiger partial charge is 0.243 e. The number of nitrogens with one attached hydrogen (secondary N) is 1. The Morgan fingerprint density at radius 2 is 1.74 bits per heavy atom. The van der Waals surface area contributed by atoms with Gasteiger partial charge in [0.05, 0.1) is 6.54 Å². The summed E-state index contributed by atoms with van der Waals surface area (Å²) in [5.41, 5.74) is 2.32. The monoisotopic (exact) mass is 318 g/mol. The third kappa shape index (κ3) is 4.52. The zero-order valence-electron chi connectivity index (χ0n) is 13.4. The molecule has 0 saturated carbocycles. The van der Waals surface area contributed by atoms with Gasteiger partial charge in [0.25, 0.3) is 0 Å². The van der Waals surface area contributed by atoms with Crippen molar-refractivity contribution < 1.29 is 13.6 Å². The van der Waals surface area contributed by atoms with Crippen LogP contribution in [0.15, 0.2) is 42.5 Å². The number of halogens is 2. The lowest BCUT2D eigenvalue weighted by Crippen LogP contribution is -2.38. The molecular weight excluding hydrogens is 298 g/mol. The number of hydrogen-bond donors (Lipinski definition) is 1. The third-order valence-corrected chi connectivity index (χ3v) is 3.51. The molecule has 2 rings (SSSR count). The van der Waals surface area contributed by atoms with Crippen LogP contribution in [-0.2, 0) is 4.79 Å². The summed E-state index contributed by atoms with van der Waals surface area (Å²) in [4.78, 5) is 14.1. The standard InChI is InChI=1S/C18H20F2N2O/c1-12(2)22(15-7-4-13(3)5-8-15)11-18(23)21-14-6-9-16(19)17(20)10-14/h4-10,12H,11H2,1-3H3,(H,21,23). The Bertz CT molecular complexity index is 684. The highest BCUT2D eigenvalue weighted by molar-refractivity contribution is 5.94. The molecule has 1 amide bonds. The largest absolute Gasteiger partial charge is 0.360 e. The van der Waals surface area contributed by atoms with Crippen molar-refractivity contribution >= 4 is 17.3 Å². The van der Waals surface area contributed by atoms with Crippen molar-refractivity contribution in [1.82, 2.24) is 0 Å². The molecule has 0 atom stereocenters. The molecule has 0 fully saturated rings. The fourth-order valence-electron chi connectivity index (χ4n) is 2.24. The third-order valence-electron chi connectivity index (χ3n) is 3.51. The van der Waals surface area contributed by atoms with E-state index in [1.54, 1.807) is 0 Å². The average Bonchev–Trinajstić information content (AvgIpc) is 2.49. The van der Waals surface area contributed by atoms with Crippen molar-refractivity contribution in [3.8, 4) is 0 Å². The first-order chi connectivity index (χ1) is 10.9. The highest BCUT2D eigenvalue weighted by Crippen LogP contribution is 2.18. The van der Waals surface area contributed by atoms with E-state index in [0.717, 1.165) is 23.4 Å². The molecule has 0 spiro atoms. The van der Waals surface area contributed by atoms with Gasteiger partial charge in [-0.2, -0.15) is 0 Å². The molecule has 5 heteroatoms. The molecule has 1 N–H and O–H groups in total. The molecule has 0 aliphatic carbocycles. The molecule has 2 aromatic rings. The van der Waals surface area contributed by atoms with E-state index in [1.165, 1.54) is 6.07 Å². The number of rotatable bonds is 5. The van der Waals surface area contributed by atoms with Crippen molar-refractivity contribution in [2.24, 2.45) is 0 Å². The van der Waals surface area contributed by atoms with Gasteiger partial charge in [0.15, 0.2) is 11.6 Å². The van der Waals surface area contributed by atoms with Crippen LogP contribution in [0.2, 0.25) is 0 Å². The molecule has 0 heterocycles. The molecule has 122 valence electrons. The second-order valence-corrected chi connectivity index (χ2v) is 5.73. The van der Waals surface area contributed by atoms with E-state index in [0.29, 0.717) is 0 Å². The molecule has 0 radical (unpaired) electrons. The average molecular weight is 318 g/mol. The lowest BCUT2D eigenvalue weighted by molar-refractivity contribution is -0.115. The first kappa shape index (κ1) is 16.9. The number of amides is 1. The number of aryl methyl sites for hydroxylation is 1. The van der Waals surface area contributed by atoms with E-state index < -0.39 is 11.6 Å². The second-order valence-electron chi connectivity index (χ2n) is 5.73. The Labute approximate surface area is 134 Å². The Balaban J connectivity index is 2.08. The van der Waals surface area contributed by atoms with Crippen molar-refractivity contribution in [2.75, 3.05) is 16.8 Å². The minimum atomic E-state index is -0.984. The molecule has 3 nitrogen and oxygen atoms in total. The van der Waals surface area contributed by atoms with Crippen molar-refractivity contribution in [3.63, 3.8) is 0 Å². The van der Waals surface area contributed by atoms with Crippen LogP contribution in [0.25, 0.3) is 0 Å². The summed E-state index contributed by atoms with van der Waals surface area (Å²) in [6, 6.07) is 11.3. The molecular formula is C18H20F2N2O. The van der Waals surface area contributed by atoms with Gasteiger partial charge in [-0.05, 0) is 45.0 Å². The quantitative estimate of drug-likeness (QED) is 0.899. The van der Waals surface area contributed by atoms with Gasteiger partial charge in [-0.25, -0.2) is 8.78 Å². The highest BCUT2D eigenvalue weighted by Gasteiger charge is 2.15. The fraction of sp³-hybridized carbons (Fsp3) is 0.278. The molecule has 23 heavy (non-hydrogen) atoms. The van der Waals surface area contributed by atoms with Crippen LogP contribution in [0.3, 0.4) is 0 Å². The number of nitrogens with zero attached hydrogens (tertiary/aromatic N) is 1. The number of benzene rings is 2. The summed E-state index contributed by atoms with van der Waals surface area (Å²) in [6.07, 6.45) is 0. The normalized spacial score (nSPS) is 10.7. The summed E-state index contributed by atoms with van der Waals surface area (Å²) in [5.74, 6) is -2.21. The maximum atomic E-state index is 13.2. The summed E-state index contributed by atoms with van der Waals surface area (Å²) in [7, 11) is 0. The predicted octanol–water partition coefficient (Wildman–Crippen LogP) is 4.13. The lowest BCUT2D eigenvalue weighted by Gasteiger charge is -2.28. The van der Waals surface area contributed by atoms with Crippen LogP contribution < -0.4 is 10.2 Å². The molecule has 0 bridgehead atoms. The zero-order chi connectivity index (χ0) is 17.0. The van der Waals surface area contributed by atoms with Gasteiger partial charge < -0.3 is 10.2 Å². The maximum absolute atomic E-state index is 13.2. The second kappa shape index (κ2) is 7.22. The Morgan fingerprint density at radius 1 is 1.09 bits per heavy atom. The molecule has 2 aromatic carbocycles. The summed E-state index contributed by atoms with van der Waals surface area (Å²) < 4.78 is 26.1. The fourth-order valence-corrected chi connectivity index (χ4v) is 2.24. The first-order valence-corrected chi connectivity index (χ1v) is 7.45. The zero-order valence-corrected chi connectivity index (χ0v) is 13.4. The van der Waals surface area contributed by atoms with Gasteiger partial charge in [0.2, 0.25) is 5.91 Å². The number of carbonyl (C=O) groups excluding carboxylic acids is 1. The molecule has 0 unspecified atom stereocenters. The van der Waals surface area contributed by atoms with Gasteiger partial charge in [-0.3, -0.25) is 4.79 Å². The van der Waals surface area contributed by atoms with Gasteiger partial charge in [0, 0.05) is 23.5 Å². The maximum Gasteiger partial charge on any atom is 0.243 e. The van der Waals surface area contributed by atoms with E-state index >= 15 is 0 Å². The minimum absolute atomic E-state index is 0.119. The van der Waals surface area contributed by atoms with E-state index in [2.05, 4.69) is 5.32 Å². The Morgan fingerprint density at radius 3 is 2.30 bits per heavy atom. The van der Waals surface area contributed by atoms with Crippen molar-refractivity contribution in [1.29, 1.82) is 0 Å². The van der Waals surface area contributed by atoms with Crippen LogP contribution in [0.5, 0.6) is 0 Å². The van der Waals surface area contributed by atoms with Gasteiger partial charge >= 0.3 is 0 Å². The van der Waals surface area contributed by atoms with Gasteiger partial charge in [0.1, 0.15) is 0 Å². The van der Waals surface area contributed by atoms with Crippen LogP contribution in [-0.4, -0.2) is 18.5 Å².